The van der Waals surface area contributed by atoms with E-state index in [4.69, 9.17) is 9.15 Å². The fraction of sp³-hybridized carbons (Fsp3) is 0.308. The van der Waals surface area contributed by atoms with E-state index in [1.165, 1.54) is 22.5 Å². The number of ketones is 1. The summed E-state index contributed by atoms with van der Waals surface area (Å²) in [7, 11) is 0. The number of likely N-dealkylation sites (tertiary alicyclic amines) is 1. The molecular formula is C26H27NO5S. The van der Waals surface area contributed by atoms with Crippen molar-refractivity contribution in [2.24, 2.45) is 0 Å². The van der Waals surface area contributed by atoms with Crippen LogP contribution in [0.3, 0.4) is 0 Å². The molecule has 0 bridgehead atoms. The Morgan fingerprint density at radius 3 is 2.58 bits per heavy atom. The summed E-state index contributed by atoms with van der Waals surface area (Å²) in [6.07, 6.45) is 1.50. The number of thiophene rings is 1. The number of carbonyl (C=O) groups is 2. The zero-order chi connectivity index (χ0) is 23.8. The number of amides is 1. The average Bonchev–Trinajstić information content (AvgIpc) is 3.52. The molecule has 1 saturated heterocycles. The first-order chi connectivity index (χ1) is 15.7. The summed E-state index contributed by atoms with van der Waals surface area (Å²) < 4.78 is 11.4. The molecule has 1 atom stereocenters. The minimum absolute atomic E-state index is 0.0236. The Labute approximate surface area is 197 Å². The van der Waals surface area contributed by atoms with Crippen LogP contribution >= 0.6 is 11.3 Å². The van der Waals surface area contributed by atoms with Crippen molar-refractivity contribution in [3.8, 4) is 5.75 Å². The van der Waals surface area contributed by atoms with Gasteiger partial charge in [-0.05, 0) is 54.1 Å². The summed E-state index contributed by atoms with van der Waals surface area (Å²) in [5, 5.41) is 13.3. The lowest BCUT2D eigenvalue weighted by atomic mass is 9.84. The highest BCUT2D eigenvalue weighted by atomic mass is 32.1. The van der Waals surface area contributed by atoms with Gasteiger partial charge in [-0.2, -0.15) is 0 Å². The number of hydrogen-bond acceptors (Lipinski definition) is 6. The Kier molecular flexibility index (Phi) is 6.17. The van der Waals surface area contributed by atoms with Crippen LogP contribution in [-0.4, -0.2) is 28.3 Å². The van der Waals surface area contributed by atoms with E-state index in [0.717, 1.165) is 16.2 Å². The molecule has 0 saturated carbocycles. The minimum atomic E-state index is -0.813. The first-order valence-corrected chi connectivity index (χ1v) is 11.7. The molecule has 1 aliphatic rings. The van der Waals surface area contributed by atoms with Gasteiger partial charge in [0.1, 0.15) is 23.3 Å². The van der Waals surface area contributed by atoms with Crippen molar-refractivity contribution >= 4 is 28.8 Å². The van der Waals surface area contributed by atoms with Crippen molar-refractivity contribution in [2.75, 3.05) is 6.61 Å². The Hall–Kier alpha value is -3.32. The maximum absolute atomic E-state index is 13.1. The second kappa shape index (κ2) is 8.90. The number of rotatable bonds is 6. The molecule has 1 aliphatic heterocycles. The van der Waals surface area contributed by atoms with Crippen LogP contribution in [0.2, 0.25) is 0 Å². The lowest BCUT2D eigenvalue weighted by Crippen LogP contribution is -2.28. The SMILES string of the molecule is CCOc1ccc(/C(O)=C2/C(=O)C(=O)N(Cc3cccs3)C2c2ccco2)cc1C(C)(C)C. The van der Waals surface area contributed by atoms with E-state index < -0.39 is 17.7 Å². The van der Waals surface area contributed by atoms with E-state index in [9.17, 15) is 14.7 Å². The molecule has 172 valence electrons. The monoisotopic (exact) mass is 465 g/mol. The molecule has 1 N–H and O–H groups in total. The standard InChI is InChI=1S/C26H27NO5S/c1-5-31-19-11-10-16(14-18(19)26(2,3)4)23(28)21-22(20-9-6-12-32-20)27(25(30)24(21)29)15-17-8-7-13-33-17/h6-14,22,28H,5,15H2,1-4H3/b23-21-. The number of hydrogen-bond donors (Lipinski definition) is 1. The van der Waals surface area contributed by atoms with E-state index in [2.05, 4.69) is 20.8 Å². The summed E-state index contributed by atoms with van der Waals surface area (Å²) in [5.41, 5.74) is 1.12. The van der Waals surface area contributed by atoms with Crippen LogP contribution in [0.4, 0.5) is 0 Å². The van der Waals surface area contributed by atoms with E-state index in [0.29, 0.717) is 17.9 Å². The van der Waals surface area contributed by atoms with Crippen molar-refractivity contribution in [2.45, 2.75) is 45.7 Å². The minimum Gasteiger partial charge on any atom is -0.507 e. The molecule has 3 aromatic rings. The first-order valence-electron chi connectivity index (χ1n) is 10.8. The highest BCUT2D eigenvalue weighted by Crippen LogP contribution is 2.42. The van der Waals surface area contributed by atoms with E-state index in [1.54, 1.807) is 24.3 Å². The number of nitrogens with zero attached hydrogens (tertiary/aromatic N) is 1. The molecule has 2 aromatic heterocycles. The van der Waals surface area contributed by atoms with Crippen LogP contribution in [-0.2, 0) is 21.5 Å². The van der Waals surface area contributed by atoms with E-state index in [1.807, 2.05) is 30.5 Å². The molecule has 1 unspecified atom stereocenters. The van der Waals surface area contributed by atoms with Gasteiger partial charge < -0.3 is 19.2 Å². The molecular weight excluding hydrogens is 438 g/mol. The number of Topliss-reactive ketones (excluding diaryl/α,β-unsaturated/α-hetero) is 1. The number of furan rings is 1. The van der Waals surface area contributed by atoms with Crippen LogP contribution in [0.5, 0.6) is 5.75 Å². The summed E-state index contributed by atoms with van der Waals surface area (Å²) >= 11 is 1.50. The largest absolute Gasteiger partial charge is 0.507 e. The molecule has 6 nitrogen and oxygen atoms in total. The molecule has 4 rings (SSSR count). The summed E-state index contributed by atoms with van der Waals surface area (Å²) in [5.74, 6) is -0.460. The van der Waals surface area contributed by atoms with Gasteiger partial charge in [-0.3, -0.25) is 9.59 Å². The van der Waals surface area contributed by atoms with Crippen LogP contribution in [0, 0.1) is 0 Å². The van der Waals surface area contributed by atoms with Gasteiger partial charge in [-0.25, -0.2) is 0 Å². The molecule has 0 spiro atoms. The third-order valence-electron chi connectivity index (χ3n) is 5.62. The van der Waals surface area contributed by atoms with Crippen molar-refractivity contribution in [3.63, 3.8) is 0 Å². The molecule has 1 amide bonds. The maximum Gasteiger partial charge on any atom is 0.296 e. The number of benzene rings is 1. The van der Waals surface area contributed by atoms with Crippen molar-refractivity contribution < 1.29 is 23.8 Å². The fourth-order valence-electron chi connectivity index (χ4n) is 4.06. The topological polar surface area (TPSA) is 80.0 Å². The third-order valence-corrected chi connectivity index (χ3v) is 6.48. The van der Waals surface area contributed by atoms with Crippen LogP contribution < -0.4 is 4.74 Å². The maximum atomic E-state index is 13.1. The van der Waals surface area contributed by atoms with Gasteiger partial charge in [0.15, 0.2) is 0 Å². The van der Waals surface area contributed by atoms with E-state index >= 15 is 0 Å². The summed E-state index contributed by atoms with van der Waals surface area (Å²) in [4.78, 5) is 28.6. The molecule has 0 radical (unpaired) electrons. The lowest BCUT2D eigenvalue weighted by molar-refractivity contribution is -0.140. The van der Waals surface area contributed by atoms with E-state index in [-0.39, 0.29) is 23.3 Å². The average molecular weight is 466 g/mol. The molecule has 3 heterocycles. The Bertz CT molecular complexity index is 1190. The molecule has 33 heavy (non-hydrogen) atoms. The number of aliphatic hydroxyl groups excluding tert-OH is 1. The highest BCUT2D eigenvalue weighted by molar-refractivity contribution is 7.09. The highest BCUT2D eigenvalue weighted by Gasteiger charge is 2.47. The molecule has 7 heteroatoms. The van der Waals surface area contributed by atoms with Gasteiger partial charge in [-0.1, -0.05) is 26.8 Å². The quantitative estimate of drug-likeness (QED) is 0.289. The van der Waals surface area contributed by atoms with Crippen molar-refractivity contribution in [1.82, 2.24) is 4.90 Å². The zero-order valence-electron chi connectivity index (χ0n) is 19.1. The molecule has 1 aromatic carbocycles. The van der Waals surface area contributed by atoms with Crippen molar-refractivity contribution in [3.05, 3.63) is 81.4 Å². The lowest BCUT2D eigenvalue weighted by Gasteiger charge is -2.24. The van der Waals surface area contributed by atoms with Crippen LogP contribution in [0.25, 0.3) is 5.76 Å². The number of aliphatic hydroxyl groups is 1. The van der Waals surface area contributed by atoms with Crippen LogP contribution in [0.1, 0.15) is 55.5 Å². The van der Waals surface area contributed by atoms with Gasteiger partial charge in [0.2, 0.25) is 0 Å². The Morgan fingerprint density at radius 2 is 1.97 bits per heavy atom. The van der Waals surface area contributed by atoms with Gasteiger partial charge in [-0.15, -0.1) is 11.3 Å². The normalized spacial score (nSPS) is 18.2. The number of carbonyl (C=O) groups excluding carboxylic acids is 2. The molecule has 0 aliphatic carbocycles. The second-order valence-corrected chi connectivity index (χ2v) is 9.95. The summed E-state index contributed by atoms with van der Waals surface area (Å²) in [6.45, 7) is 8.84. The predicted octanol–water partition coefficient (Wildman–Crippen LogP) is 5.66. The fourth-order valence-corrected chi connectivity index (χ4v) is 4.76. The Morgan fingerprint density at radius 1 is 1.18 bits per heavy atom. The zero-order valence-corrected chi connectivity index (χ0v) is 19.9. The van der Waals surface area contributed by atoms with Gasteiger partial charge in [0, 0.05) is 16.0 Å². The van der Waals surface area contributed by atoms with Crippen LogP contribution in [0.15, 0.2) is 64.1 Å². The third kappa shape index (κ3) is 4.33. The first kappa shape index (κ1) is 22.9. The number of ether oxygens (including phenoxy) is 1. The smallest absolute Gasteiger partial charge is 0.296 e. The Balaban J connectivity index is 1.85. The summed E-state index contributed by atoms with van der Waals surface area (Å²) in [6, 6.07) is 11.7. The van der Waals surface area contributed by atoms with Crippen molar-refractivity contribution in [1.29, 1.82) is 0 Å². The second-order valence-electron chi connectivity index (χ2n) is 8.92. The molecule has 1 fully saturated rings. The van der Waals surface area contributed by atoms with Gasteiger partial charge in [0.25, 0.3) is 11.7 Å². The predicted molar refractivity (Wildman–Crippen MR) is 127 cm³/mol. The van der Waals surface area contributed by atoms with Gasteiger partial charge in [0.05, 0.1) is 25.0 Å². The van der Waals surface area contributed by atoms with Gasteiger partial charge >= 0.3 is 0 Å².